The minimum Gasteiger partial charge on any atom is -0.444 e. The van der Waals surface area contributed by atoms with Gasteiger partial charge in [0.1, 0.15) is 5.60 Å². The third-order valence-corrected chi connectivity index (χ3v) is 6.28. The number of hydrogen-bond acceptors (Lipinski definition) is 5. The molecule has 4 heterocycles. The Bertz CT molecular complexity index is 847. The summed E-state index contributed by atoms with van der Waals surface area (Å²) in [7, 11) is 0. The molecule has 0 saturated carbocycles. The SMILES string of the molecule is CC(C)(C)OC(=O)N1CC2(CCN(c3nc4c(c(Cl)c3F)COC(C)(C)C4)C2)C1. The third kappa shape index (κ3) is 3.91. The molecule has 2 fully saturated rings. The predicted octanol–water partition coefficient (Wildman–Crippen LogP) is 4.17. The maximum Gasteiger partial charge on any atom is 0.410 e. The zero-order valence-electron chi connectivity index (χ0n) is 17.8. The van der Waals surface area contributed by atoms with Crippen LogP contribution in [0.2, 0.25) is 5.02 Å². The highest BCUT2D eigenvalue weighted by molar-refractivity contribution is 6.31. The number of halogens is 2. The van der Waals surface area contributed by atoms with Crippen molar-refractivity contribution in [3.05, 3.63) is 22.1 Å². The maximum atomic E-state index is 15.0. The van der Waals surface area contributed by atoms with E-state index in [1.165, 1.54) is 0 Å². The van der Waals surface area contributed by atoms with Crippen LogP contribution in [-0.4, -0.2) is 53.4 Å². The first-order valence-corrected chi connectivity index (χ1v) is 10.5. The second-order valence-electron chi connectivity index (χ2n) is 10.2. The number of rotatable bonds is 1. The quantitative estimate of drug-likeness (QED) is 0.675. The minimum atomic E-state index is -0.508. The first-order chi connectivity index (χ1) is 13.4. The number of anilines is 1. The van der Waals surface area contributed by atoms with Gasteiger partial charge in [-0.1, -0.05) is 11.6 Å². The Kier molecular flexibility index (Phi) is 4.78. The van der Waals surface area contributed by atoms with Gasteiger partial charge in [-0.25, -0.2) is 14.2 Å². The molecule has 1 aromatic rings. The molecule has 3 aliphatic rings. The Labute approximate surface area is 176 Å². The average molecular weight is 426 g/mol. The highest BCUT2D eigenvalue weighted by atomic mass is 35.5. The Hall–Kier alpha value is -1.60. The molecule has 0 bridgehead atoms. The Morgan fingerprint density at radius 1 is 1.28 bits per heavy atom. The Morgan fingerprint density at radius 2 is 1.97 bits per heavy atom. The standard InChI is InChI=1S/C21H29ClFN3O3/c1-19(2,3)29-18(27)26-11-21(12-26)6-7-25(10-21)17-16(23)15(22)13-9-28-20(4,5)8-14(13)24-17/h6-12H2,1-5H3. The van der Waals surface area contributed by atoms with E-state index in [4.69, 9.17) is 21.1 Å². The molecule has 2 saturated heterocycles. The summed E-state index contributed by atoms with van der Waals surface area (Å²) in [5.41, 5.74) is 0.586. The molecule has 0 radical (unpaired) electrons. The van der Waals surface area contributed by atoms with E-state index in [1.54, 1.807) is 4.90 Å². The van der Waals surface area contributed by atoms with Crippen molar-refractivity contribution in [2.45, 2.75) is 65.3 Å². The summed E-state index contributed by atoms with van der Waals surface area (Å²) >= 11 is 6.34. The van der Waals surface area contributed by atoms with Gasteiger partial charge in [0, 0.05) is 43.6 Å². The molecule has 29 heavy (non-hydrogen) atoms. The van der Waals surface area contributed by atoms with Crippen molar-refractivity contribution in [2.24, 2.45) is 5.41 Å². The molecule has 0 N–H and O–H groups in total. The van der Waals surface area contributed by atoms with Gasteiger partial charge in [0.25, 0.3) is 0 Å². The summed E-state index contributed by atoms with van der Waals surface area (Å²) in [5.74, 6) is -0.159. The van der Waals surface area contributed by atoms with E-state index in [1.807, 2.05) is 39.5 Å². The van der Waals surface area contributed by atoms with Gasteiger partial charge < -0.3 is 19.3 Å². The second kappa shape index (κ2) is 6.71. The molecule has 1 amide bonds. The van der Waals surface area contributed by atoms with E-state index in [0.29, 0.717) is 44.0 Å². The summed E-state index contributed by atoms with van der Waals surface area (Å²) in [5, 5.41) is 0.116. The van der Waals surface area contributed by atoms with Crippen molar-refractivity contribution in [1.29, 1.82) is 0 Å². The highest BCUT2D eigenvalue weighted by Crippen LogP contribution is 2.43. The van der Waals surface area contributed by atoms with Crippen LogP contribution in [-0.2, 0) is 22.5 Å². The van der Waals surface area contributed by atoms with Gasteiger partial charge in [0.05, 0.1) is 22.9 Å². The summed E-state index contributed by atoms with van der Waals surface area (Å²) in [6.07, 6.45) is 1.20. The number of carbonyl (C=O) groups excluding carboxylic acids is 1. The van der Waals surface area contributed by atoms with Gasteiger partial charge in [-0.05, 0) is 41.0 Å². The number of carbonyl (C=O) groups is 1. The van der Waals surface area contributed by atoms with E-state index in [2.05, 4.69) is 4.98 Å². The number of hydrogen-bond donors (Lipinski definition) is 0. The molecule has 6 nitrogen and oxygen atoms in total. The number of ether oxygens (including phenoxy) is 2. The molecule has 3 aliphatic heterocycles. The monoisotopic (exact) mass is 425 g/mol. The van der Waals surface area contributed by atoms with Crippen LogP contribution >= 0.6 is 11.6 Å². The van der Waals surface area contributed by atoms with Crippen LogP contribution in [0.5, 0.6) is 0 Å². The van der Waals surface area contributed by atoms with Crippen molar-refractivity contribution in [3.8, 4) is 0 Å². The predicted molar refractivity (Wildman–Crippen MR) is 109 cm³/mol. The summed E-state index contributed by atoms with van der Waals surface area (Å²) in [4.78, 5) is 20.6. The lowest BCUT2D eigenvalue weighted by Gasteiger charge is -2.47. The fourth-order valence-electron chi connectivity index (χ4n) is 4.42. The molecule has 0 aromatic carbocycles. The Morgan fingerprint density at radius 3 is 2.62 bits per heavy atom. The van der Waals surface area contributed by atoms with Gasteiger partial charge >= 0.3 is 6.09 Å². The smallest absolute Gasteiger partial charge is 0.410 e. The van der Waals surface area contributed by atoms with Crippen molar-refractivity contribution in [3.63, 3.8) is 0 Å². The van der Waals surface area contributed by atoms with E-state index in [0.717, 1.165) is 12.1 Å². The number of fused-ring (bicyclic) bond motifs is 1. The van der Waals surface area contributed by atoms with Crippen molar-refractivity contribution >= 4 is 23.5 Å². The van der Waals surface area contributed by atoms with Crippen LogP contribution in [0.4, 0.5) is 15.0 Å². The van der Waals surface area contributed by atoms with Crippen LogP contribution in [0.1, 0.15) is 52.3 Å². The van der Waals surface area contributed by atoms with Crippen LogP contribution < -0.4 is 4.90 Å². The fourth-order valence-corrected chi connectivity index (χ4v) is 4.67. The molecule has 160 valence electrons. The first-order valence-electron chi connectivity index (χ1n) is 10.1. The van der Waals surface area contributed by atoms with Crippen molar-refractivity contribution in [1.82, 2.24) is 9.88 Å². The molecule has 8 heteroatoms. The maximum absolute atomic E-state index is 15.0. The third-order valence-electron chi connectivity index (χ3n) is 5.89. The van der Waals surface area contributed by atoms with Gasteiger partial charge in [-0.15, -0.1) is 0 Å². The van der Waals surface area contributed by atoms with Crippen molar-refractivity contribution in [2.75, 3.05) is 31.1 Å². The molecule has 0 unspecified atom stereocenters. The molecular weight excluding hydrogens is 397 g/mol. The lowest BCUT2D eigenvalue weighted by Crippen LogP contribution is -2.60. The molecule has 1 aromatic heterocycles. The number of amides is 1. The van der Waals surface area contributed by atoms with E-state index in [9.17, 15) is 4.79 Å². The number of pyridine rings is 1. The zero-order chi connectivity index (χ0) is 21.2. The lowest BCUT2D eigenvalue weighted by atomic mass is 9.79. The molecule has 0 atom stereocenters. The average Bonchev–Trinajstić information content (AvgIpc) is 2.99. The van der Waals surface area contributed by atoms with Gasteiger partial charge in [0.2, 0.25) is 0 Å². The van der Waals surface area contributed by atoms with Crippen molar-refractivity contribution < 1.29 is 18.7 Å². The van der Waals surface area contributed by atoms with Crippen LogP contribution in [0.25, 0.3) is 0 Å². The van der Waals surface area contributed by atoms with Gasteiger partial charge in [0.15, 0.2) is 11.6 Å². The fraction of sp³-hybridized carbons (Fsp3) is 0.714. The molecule has 0 aliphatic carbocycles. The Balaban J connectivity index is 1.48. The van der Waals surface area contributed by atoms with Crippen LogP contribution in [0.15, 0.2) is 0 Å². The second-order valence-corrected chi connectivity index (χ2v) is 10.6. The van der Waals surface area contributed by atoms with Crippen LogP contribution in [0, 0.1) is 11.2 Å². The van der Waals surface area contributed by atoms with E-state index in [-0.39, 0.29) is 28.7 Å². The number of likely N-dealkylation sites (tertiary alicyclic amines) is 1. The van der Waals surface area contributed by atoms with Gasteiger partial charge in [-0.3, -0.25) is 0 Å². The number of aromatic nitrogens is 1. The zero-order valence-corrected chi connectivity index (χ0v) is 18.5. The highest BCUT2D eigenvalue weighted by Gasteiger charge is 2.51. The summed E-state index contributed by atoms with van der Waals surface area (Å²) in [6.45, 7) is 12.5. The first kappa shape index (κ1) is 20.7. The van der Waals surface area contributed by atoms with E-state index >= 15 is 4.39 Å². The largest absolute Gasteiger partial charge is 0.444 e. The topological polar surface area (TPSA) is 54.9 Å². The summed E-state index contributed by atoms with van der Waals surface area (Å²) < 4.78 is 26.2. The minimum absolute atomic E-state index is 0.0320. The molecular formula is C21H29ClFN3O3. The number of nitrogens with zero attached hydrogens (tertiary/aromatic N) is 3. The molecule has 4 rings (SSSR count). The van der Waals surface area contributed by atoms with E-state index < -0.39 is 11.4 Å². The van der Waals surface area contributed by atoms with Gasteiger partial charge in [-0.2, -0.15) is 0 Å². The summed E-state index contributed by atoms with van der Waals surface area (Å²) in [6, 6.07) is 0. The lowest BCUT2D eigenvalue weighted by molar-refractivity contribution is -0.0413. The molecule has 1 spiro atoms. The van der Waals surface area contributed by atoms with Crippen LogP contribution in [0.3, 0.4) is 0 Å². The normalized spacial score (nSPS) is 22.4.